The van der Waals surface area contributed by atoms with Gasteiger partial charge in [0.15, 0.2) is 5.78 Å². The van der Waals surface area contributed by atoms with Crippen LogP contribution in [0.2, 0.25) is 0 Å². The number of hydrogen-bond acceptors (Lipinski definition) is 4. The van der Waals surface area contributed by atoms with Gasteiger partial charge >= 0.3 is 0 Å². The van der Waals surface area contributed by atoms with Crippen molar-refractivity contribution in [3.63, 3.8) is 0 Å². The zero-order valence-corrected chi connectivity index (χ0v) is 8.32. The monoisotopic (exact) mass is 216 g/mol. The second-order valence-electron chi connectivity index (χ2n) is 3.64. The van der Waals surface area contributed by atoms with E-state index in [2.05, 4.69) is 9.97 Å². The Morgan fingerprint density at radius 2 is 2.19 bits per heavy atom. The molecule has 80 valence electrons. The fraction of sp³-hybridized carbons (Fsp3) is 0.182. The molecule has 0 saturated carbocycles. The molecule has 0 atom stereocenters. The van der Waals surface area contributed by atoms with E-state index in [4.69, 9.17) is 4.74 Å². The van der Waals surface area contributed by atoms with Gasteiger partial charge in [-0.3, -0.25) is 9.59 Å². The molecule has 3 rings (SSSR count). The number of pyridine rings is 2. The number of nitrogens with one attached hydrogen (secondary N) is 1. The summed E-state index contributed by atoms with van der Waals surface area (Å²) in [5.41, 5.74) is 1.46. The third kappa shape index (κ3) is 1.25. The Morgan fingerprint density at radius 3 is 3.06 bits per heavy atom. The van der Waals surface area contributed by atoms with E-state index in [-0.39, 0.29) is 17.9 Å². The normalized spacial score (nSPS) is 15.1. The van der Waals surface area contributed by atoms with Crippen LogP contribution >= 0.6 is 0 Å². The van der Waals surface area contributed by atoms with Gasteiger partial charge in [0.1, 0.15) is 6.61 Å². The molecule has 0 saturated heterocycles. The van der Waals surface area contributed by atoms with E-state index in [1.54, 1.807) is 12.1 Å². The summed E-state index contributed by atoms with van der Waals surface area (Å²) in [6.45, 7) is 0.384. The minimum Gasteiger partial charge on any atom is -0.367 e. The Balaban J connectivity index is 2.39. The second kappa shape index (κ2) is 3.24. The number of ketones is 1. The lowest BCUT2D eigenvalue weighted by Gasteiger charge is -2.14. The number of aromatic amines is 1. The predicted molar refractivity (Wildman–Crippen MR) is 56.4 cm³/mol. The average molecular weight is 216 g/mol. The highest BCUT2D eigenvalue weighted by molar-refractivity contribution is 6.01. The van der Waals surface area contributed by atoms with Crippen molar-refractivity contribution >= 4 is 16.7 Å². The van der Waals surface area contributed by atoms with Crippen molar-refractivity contribution in [1.82, 2.24) is 9.97 Å². The van der Waals surface area contributed by atoms with E-state index < -0.39 is 0 Å². The first-order chi connectivity index (χ1) is 7.75. The Labute approximate surface area is 90.1 Å². The third-order valence-corrected chi connectivity index (χ3v) is 2.60. The molecule has 1 N–H and O–H groups in total. The Kier molecular flexibility index (Phi) is 1.87. The van der Waals surface area contributed by atoms with E-state index in [1.807, 2.05) is 0 Å². The first-order valence-electron chi connectivity index (χ1n) is 4.88. The van der Waals surface area contributed by atoms with E-state index >= 15 is 0 Å². The van der Waals surface area contributed by atoms with Gasteiger partial charge in [-0.2, -0.15) is 0 Å². The molecular formula is C11H8N2O3. The molecule has 1 aliphatic rings. The molecule has 2 aromatic heterocycles. The Hall–Kier alpha value is -2.01. The quantitative estimate of drug-likeness (QED) is 0.701. The lowest BCUT2D eigenvalue weighted by Crippen LogP contribution is -2.20. The molecule has 0 aromatic carbocycles. The number of ether oxygens (including phenoxy) is 1. The van der Waals surface area contributed by atoms with Crippen LogP contribution in [0.5, 0.6) is 0 Å². The number of rotatable bonds is 0. The van der Waals surface area contributed by atoms with Crippen molar-refractivity contribution in [2.45, 2.75) is 6.61 Å². The molecule has 5 heteroatoms. The van der Waals surface area contributed by atoms with Crippen LogP contribution in [0.3, 0.4) is 0 Å². The van der Waals surface area contributed by atoms with Crippen LogP contribution in [0.15, 0.2) is 23.1 Å². The summed E-state index contributed by atoms with van der Waals surface area (Å²) in [7, 11) is 0. The number of aromatic nitrogens is 2. The Morgan fingerprint density at radius 1 is 1.31 bits per heavy atom. The largest absolute Gasteiger partial charge is 0.367 e. The summed E-state index contributed by atoms with van der Waals surface area (Å²) in [4.78, 5) is 29.9. The summed E-state index contributed by atoms with van der Waals surface area (Å²) >= 11 is 0. The zero-order valence-electron chi connectivity index (χ0n) is 8.32. The minimum absolute atomic E-state index is 0.0604. The van der Waals surface area contributed by atoms with Gasteiger partial charge in [-0.1, -0.05) is 0 Å². The predicted octanol–water partition coefficient (Wildman–Crippen LogP) is 0.636. The molecule has 3 heterocycles. The lowest BCUT2D eigenvalue weighted by molar-refractivity contribution is 0.0656. The van der Waals surface area contributed by atoms with Crippen molar-refractivity contribution in [3.05, 3.63) is 39.9 Å². The molecule has 0 bridgehead atoms. The van der Waals surface area contributed by atoms with E-state index in [9.17, 15) is 9.59 Å². The topological polar surface area (TPSA) is 72.0 Å². The maximum atomic E-state index is 11.6. The van der Waals surface area contributed by atoms with Gasteiger partial charge in [-0.05, 0) is 12.1 Å². The molecule has 16 heavy (non-hydrogen) atoms. The van der Waals surface area contributed by atoms with Crippen LogP contribution in [0.25, 0.3) is 10.9 Å². The van der Waals surface area contributed by atoms with Crippen LogP contribution < -0.4 is 5.56 Å². The molecule has 2 aromatic rings. The van der Waals surface area contributed by atoms with Gasteiger partial charge in [0, 0.05) is 11.8 Å². The van der Waals surface area contributed by atoms with Gasteiger partial charge < -0.3 is 9.72 Å². The van der Waals surface area contributed by atoms with Crippen LogP contribution in [0, 0.1) is 0 Å². The first kappa shape index (κ1) is 9.23. The number of H-pyrrole nitrogens is 1. The highest BCUT2D eigenvalue weighted by Gasteiger charge is 2.20. The van der Waals surface area contributed by atoms with Crippen LogP contribution in [0.4, 0.5) is 0 Å². The van der Waals surface area contributed by atoms with Crippen molar-refractivity contribution in [1.29, 1.82) is 0 Å². The van der Waals surface area contributed by atoms with Gasteiger partial charge in [0.25, 0.3) is 5.56 Å². The molecule has 5 nitrogen and oxygen atoms in total. The summed E-state index contributed by atoms with van der Waals surface area (Å²) in [5.74, 6) is -0.126. The van der Waals surface area contributed by atoms with Crippen LogP contribution in [0.1, 0.15) is 16.1 Å². The number of carbonyl (C=O) groups excluding carboxylic acids is 1. The van der Waals surface area contributed by atoms with Gasteiger partial charge in [-0.15, -0.1) is 0 Å². The maximum Gasteiger partial charge on any atom is 0.257 e. The fourth-order valence-corrected chi connectivity index (χ4v) is 1.82. The third-order valence-electron chi connectivity index (χ3n) is 2.60. The molecule has 0 amide bonds. The van der Waals surface area contributed by atoms with E-state index in [0.29, 0.717) is 28.8 Å². The van der Waals surface area contributed by atoms with Crippen LogP contribution in [-0.4, -0.2) is 22.4 Å². The number of Topliss-reactive ketones (excluding diaryl/α,β-unsaturated/α-hetero) is 1. The number of fused-ring (bicyclic) bond motifs is 2. The number of carbonyl (C=O) groups is 1. The summed E-state index contributed by atoms with van der Waals surface area (Å²) in [6.07, 6.45) is 1.54. The second-order valence-corrected chi connectivity index (χ2v) is 3.64. The molecule has 0 spiro atoms. The average Bonchev–Trinajstić information content (AvgIpc) is 2.28. The van der Waals surface area contributed by atoms with Crippen molar-refractivity contribution in [2.24, 2.45) is 0 Å². The van der Waals surface area contributed by atoms with Gasteiger partial charge in [0.05, 0.1) is 23.2 Å². The maximum absolute atomic E-state index is 11.6. The smallest absolute Gasteiger partial charge is 0.257 e. The number of nitrogens with zero attached hydrogens (tertiary/aromatic N) is 1. The highest BCUT2D eigenvalue weighted by Crippen LogP contribution is 2.18. The van der Waals surface area contributed by atoms with Gasteiger partial charge in [-0.25, -0.2) is 4.98 Å². The summed E-state index contributed by atoms with van der Waals surface area (Å²) in [5, 5.41) is 0.441. The number of hydrogen-bond donors (Lipinski definition) is 1. The first-order valence-corrected chi connectivity index (χ1v) is 4.88. The lowest BCUT2D eigenvalue weighted by atomic mass is 10.1. The Bertz CT molecular complexity index is 645. The summed E-state index contributed by atoms with van der Waals surface area (Å²) < 4.78 is 5.09. The molecule has 0 fully saturated rings. The SMILES string of the molecule is O=C1COCc2nc3cc[nH]c(=O)c3cc21. The molecule has 0 radical (unpaired) electrons. The van der Waals surface area contributed by atoms with E-state index in [0.717, 1.165) is 0 Å². The van der Waals surface area contributed by atoms with Crippen LogP contribution in [-0.2, 0) is 11.3 Å². The zero-order chi connectivity index (χ0) is 11.1. The molecule has 0 unspecified atom stereocenters. The minimum atomic E-state index is -0.230. The molecule has 1 aliphatic heterocycles. The molecule has 0 aliphatic carbocycles. The van der Waals surface area contributed by atoms with Crippen molar-refractivity contribution in [2.75, 3.05) is 6.61 Å². The van der Waals surface area contributed by atoms with Crippen molar-refractivity contribution < 1.29 is 9.53 Å². The summed E-state index contributed by atoms with van der Waals surface area (Å²) in [6, 6.07) is 3.30. The standard InChI is InChI=1S/C11H8N2O3/c14-10-5-16-4-9-6(10)3-7-8(13-9)1-2-12-11(7)15/h1-3H,4-5H2,(H,12,15). The fourth-order valence-electron chi connectivity index (χ4n) is 1.82. The van der Waals surface area contributed by atoms with E-state index in [1.165, 1.54) is 6.20 Å². The molecular weight excluding hydrogens is 208 g/mol. The van der Waals surface area contributed by atoms with Crippen molar-refractivity contribution in [3.8, 4) is 0 Å². The highest BCUT2D eigenvalue weighted by atomic mass is 16.5. The van der Waals surface area contributed by atoms with Gasteiger partial charge in [0.2, 0.25) is 0 Å².